The highest BCUT2D eigenvalue weighted by atomic mass is 35.5. The molecular weight excluding hydrogens is 426 g/mol. The Bertz CT molecular complexity index is 1450. The molecule has 0 bridgehead atoms. The summed E-state index contributed by atoms with van der Waals surface area (Å²) in [5, 5.41) is 0.643. The molecule has 1 atom stereocenters. The molecule has 3 heterocycles. The van der Waals surface area contributed by atoms with Crippen LogP contribution >= 0.6 is 11.6 Å². The Kier molecular flexibility index (Phi) is 4.93. The monoisotopic (exact) mass is 449 g/mol. The number of anilines is 2. The van der Waals surface area contributed by atoms with Gasteiger partial charge in [-0.15, -0.1) is 0 Å². The minimum atomic E-state index is -0.375. The fourth-order valence-electron chi connectivity index (χ4n) is 4.49. The van der Waals surface area contributed by atoms with E-state index in [0.717, 1.165) is 23.4 Å². The molecule has 1 aliphatic rings. The zero-order chi connectivity index (χ0) is 22.6. The first kappa shape index (κ1) is 20.6. The van der Waals surface area contributed by atoms with E-state index < -0.39 is 0 Å². The summed E-state index contributed by atoms with van der Waals surface area (Å²) in [6, 6.07) is 15.3. The maximum atomic E-state index is 13.6. The molecule has 0 N–H and O–H groups in total. The van der Waals surface area contributed by atoms with E-state index >= 15 is 0 Å². The third-order valence-electron chi connectivity index (χ3n) is 6.09. The molecule has 7 nitrogen and oxygen atoms in total. The van der Waals surface area contributed by atoms with Gasteiger partial charge in [0.05, 0.1) is 6.54 Å². The van der Waals surface area contributed by atoms with Gasteiger partial charge in [-0.3, -0.25) is 13.9 Å². The molecule has 2 aromatic heterocycles. The maximum Gasteiger partial charge on any atom is 0.332 e. The standard InChI is InChI=1S/C24H24ClN5O2/c1-15-12-28(19-11-18(25)10-9-16(19)2)23-26-21-20(29(23)13-15)22(31)30(24(32)27(21)3)14-17-7-5-4-6-8-17/h4-11,15H,12-14H2,1-3H3/t15-/m0/s1. The highest BCUT2D eigenvalue weighted by Gasteiger charge is 2.30. The Hall–Kier alpha value is -3.32. The van der Waals surface area contributed by atoms with Crippen LogP contribution in [0.4, 0.5) is 11.6 Å². The van der Waals surface area contributed by atoms with Crippen LogP contribution in [0.5, 0.6) is 0 Å². The number of benzene rings is 2. The van der Waals surface area contributed by atoms with Gasteiger partial charge in [0.2, 0.25) is 5.95 Å². The normalized spacial score (nSPS) is 15.9. The lowest BCUT2D eigenvalue weighted by atomic mass is 10.1. The minimum Gasteiger partial charge on any atom is -0.311 e. The quantitative estimate of drug-likeness (QED) is 0.478. The number of hydrogen-bond donors (Lipinski definition) is 0. The largest absolute Gasteiger partial charge is 0.332 e. The Balaban J connectivity index is 1.75. The Morgan fingerprint density at radius 1 is 1.09 bits per heavy atom. The first-order chi connectivity index (χ1) is 15.3. The van der Waals surface area contributed by atoms with Crippen molar-refractivity contribution in [2.24, 2.45) is 13.0 Å². The SMILES string of the molecule is Cc1ccc(Cl)cc1N1C[C@H](C)Cn2c1nc1c2c(=O)n(Cc2ccccc2)c(=O)n1C. The molecule has 164 valence electrons. The van der Waals surface area contributed by atoms with Crippen molar-refractivity contribution < 1.29 is 0 Å². The van der Waals surface area contributed by atoms with E-state index in [-0.39, 0.29) is 23.7 Å². The van der Waals surface area contributed by atoms with E-state index in [2.05, 4.69) is 11.8 Å². The summed E-state index contributed by atoms with van der Waals surface area (Å²) in [4.78, 5) is 33.5. The highest BCUT2D eigenvalue weighted by molar-refractivity contribution is 6.30. The van der Waals surface area contributed by atoms with Crippen LogP contribution < -0.4 is 16.1 Å². The number of aromatic nitrogens is 4. The van der Waals surface area contributed by atoms with Gasteiger partial charge in [-0.05, 0) is 36.1 Å². The van der Waals surface area contributed by atoms with E-state index in [9.17, 15) is 9.59 Å². The van der Waals surface area contributed by atoms with Crippen molar-refractivity contribution in [3.63, 3.8) is 0 Å². The molecule has 0 spiro atoms. The second kappa shape index (κ2) is 7.67. The number of hydrogen-bond acceptors (Lipinski definition) is 4. The van der Waals surface area contributed by atoms with E-state index in [0.29, 0.717) is 28.7 Å². The van der Waals surface area contributed by atoms with Crippen LogP contribution in [0.15, 0.2) is 58.1 Å². The van der Waals surface area contributed by atoms with Gasteiger partial charge in [-0.2, -0.15) is 4.98 Å². The summed E-state index contributed by atoms with van der Waals surface area (Å²) in [6.07, 6.45) is 0. The Labute approximate surface area is 190 Å². The molecule has 32 heavy (non-hydrogen) atoms. The van der Waals surface area contributed by atoms with E-state index in [1.807, 2.05) is 60.0 Å². The van der Waals surface area contributed by atoms with Gasteiger partial charge in [0.1, 0.15) is 0 Å². The minimum absolute atomic E-state index is 0.218. The summed E-state index contributed by atoms with van der Waals surface area (Å²) in [7, 11) is 1.67. The molecule has 0 radical (unpaired) electrons. The zero-order valence-electron chi connectivity index (χ0n) is 18.2. The van der Waals surface area contributed by atoms with Gasteiger partial charge >= 0.3 is 5.69 Å². The molecule has 4 aromatic rings. The smallest absolute Gasteiger partial charge is 0.311 e. The van der Waals surface area contributed by atoms with Crippen LogP contribution in [0.2, 0.25) is 5.02 Å². The van der Waals surface area contributed by atoms with Crippen molar-refractivity contribution in [2.75, 3.05) is 11.4 Å². The van der Waals surface area contributed by atoms with Crippen LogP contribution in [0.3, 0.4) is 0 Å². The molecule has 0 amide bonds. The van der Waals surface area contributed by atoms with Crippen molar-refractivity contribution >= 4 is 34.4 Å². The van der Waals surface area contributed by atoms with Crippen LogP contribution in [0, 0.1) is 12.8 Å². The van der Waals surface area contributed by atoms with Crippen LogP contribution in [-0.4, -0.2) is 25.2 Å². The molecule has 0 saturated heterocycles. The van der Waals surface area contributed by atoms with E-state index in [1.165, 1.54) is 9.13 Å². The van der Waals surface area contributed by atoms with E-state index in [4.69, 9.17) is 16.6 Å². The lowest BCUT2D eigenvalue weighted by molar-refractivity contribution is 0.457. The number of halogens is 1. The molecule has 0 fully saturated rings. The van der Waals surface area contributed by atoms with Crippen molar-refractivity contribution in [3.05, 3.63) is 85.5 Å². The van der Waals surface area contributed by atoms with Crippen LogP contribution in [0.1, 0.15) is 18.1 Å². The van der Waals surface area contributed by atoms with Gasteiger partial charge in [0.25, 0.3) is 5.56 Å². The zero-order valence-corrected chi connectivity index (χ0v) is 19.0. The lowest BCUT2D eigenvalue weighted by Crippen LogP contribution is -2.40. The van der Waals surface area contributed by atoms with Crippen molar-refractivity contribution in [2.45, 2.75) is 26.9 Å². The molecule has 8 heteroatoms. The Morgan fingerprint density at radius 2 is 1.84 bits per heavy atom. The fourth-order valence-corrected chi connectivity index (χ4v) is 4.65. The van der Waals surface area contributed by atoms with Crippen LogP contribution in [-0.2, 0) is 20.1 Å². The summed E-state index contributed by atoms with van der Waals surface area (Å²) in [5.74, 6) is 0.936. The van der Waals surface area contributed by atoms with Gasteiger partial charge in [0, 0.05) is 30.8 Å². The van der Waals surface area contributed by atoms with Gasteiger partial charge in [-0.25, -0.2) is 4.79 Å². The predicted octanol–water partition coefficient (Wildman–Crippen LogP) is 3.69. The predicted molar refractivity (Wildman–Crippen MR) is 127 cm³/mol. The third-order valence-corrected chi connectivity index (χ3v) is 6.32. The molecule has 5 rings (SSSR count). The van der Waals surface area contributed by atoms with Gasteiger partial charge in [-0.1, -0.05) is 54.9 Å². The summed E-state index contributed by atoms with van der Waals surface area (Å²) in [5.41, 5.74) is 3.08. The number of imidazole rings is 1. The average molecular weight is 450 g/mol. The van der Waals surface area contributed by atoms with Gasteiger partial charge in [0.15, 0.2) is 11.2 Å². The van der Waals surface area contributed by atoms with Crippen molar-refractivity contribution in [1.82, 2.24) is 18.7 Å². The number of rotatable bonds is 3. The maximum absolute atomic E-state index is 13.6. The second-order valence-corrected chi connectivity index (χ2v) is 9.00. The molecular formula is C24H24ClN5O2. The number of nitrogens with zero attached hydrogens (tertiary/aromatic N) is 5. The summed E-state index contributed by atoms with van der Waals surface area (Å²) < 4.78 is 4.71. The van der Waals surface area contributed by atoms with Gasteiger partial charge < -0.3 is 9.47 Å². The lowest BCUT2D eigenvalue weighted by Gasteiger charge is -2.33. The molecule has 0 aliphatic carbocycles. The molecule has 2 aromatic carbocycles. The van der Waals surface area contributed by atoms with Crippen LogP contribution in [0.25, 0.3) is 11.2 Å². The molecule has 0 saturated carbocycles. The average Bonchev–Trinajstić information content (AvgIpc) is 3.16. The highest BCUT2D eigenvalue weighted by Crippen LogP contribution is 2.35. The first-order valence-corrected chi connectivity index (χ1v) is 11.0. The number of aryl methyl sites for hydroxylation is 2. The topological polar surface area (TPSA) is 65.1 Å². The fraction of sp³-hybridized carbons (Fsp3) is 0.292. The molecule has 1 aliphatic heterocycles. The first-order valence-electron chi connectivity index (χ1n) is 10.6. The number of fused-ring (bicyclic) bond motifs is 3. The summed E-state index contributed by atoms with van der Waals surface area (Å²) in [6.45, 7) is 5.79. The molecule has 0 unspecified atom stereocenters. The van der Waals surface area contributed by atoms with Crippen molar-refractivity contribution in [1.29, 1.82) is 0 Å². The summed E-state index contributed by atoms with van der Waals surface area (Å²) >= 11 is 6.29. The van der Waals surface area contributed by atoms with Crippen molar-refractivity contribution in [3.8, 4) is 0 Å². The Morgan fingerprint density at radius 3 is 2.59 bits per heavy atom. The third kappa shape index (κ3) is 3.24. The second-order valence-electron chi connectivity index (χ2n) is 8.56. The van der Waals surface area contributed by atoms with E-state index in [1.54, 1.807) is 7.05 Å².